The van der Waals surface area contributed by atoms with Crippen LogP contribution in [-0.2, 0) is 0 Å². The second-order valence-corrected chi connectivity index (χ2v) is 6.45. The number of aromatic nitrogens is 1. The van der Waals surface area contributed by atoms with Crippen molar-refractivity contribution < 1.29 is 14.2 Å². The molecule has 0 saturated carbocycles. The Kier molecular flexibility index (Phi) is 5.13. The molecule has 0 bridgehead atoms. The Hall–Kier alpha value is -3.33. The van der Waals surface area contributed by atoms with Gasteiger partial charge in [0.15, 0.2) is 11.5 Å². The van der Waals surface area contributed by atoms with Crippen molar-refractivity contribution in [2.24, 2.45) is 16.5 Å². The van der Waals surface area contributed by atoms with Gasteiger partial charge in [-0.05, 0) is 18.2 Å². The van der Waals surface area contributed by atoms with Crippen molar-refractivity contribution in [2.75, 3.05) is 21.3 Å². The lowest BCUT2D eigenvalue weighted by Crippen LogP contribution is -2.23. The standard InChI is InChI=1S/C18H19N5O3S/c1-24-11-8-9(16(19)20)13(15(26-3)14(11)25-2)17(21)23-18-22-10-6-4-5-7-12(10)27-18/h4-8H,1-3H3,(H3,19,20)(H2,21,22,23). The number of nitrogen functional groups attached to an aromatic ring is 1. The predicted octanol–water partition coefficient (Wildman–Crippen LogP) is 2.64. The van der Waals surface area contributed by atoms with Crippen molar-refractivity contribution in [3.63, 3.8) is 0 Å². The number of nitrogens with one attached hydrogen (secondary N) is 1. The van der Waals surface area contributed by atoms with Crippen molar-refractivity contribution in [2.45, 2.75) is 0 Å². The third kappa shape index (κ3) is 3.36. The van der Waals surface area contributed by atoms with Gasteiger partial charge >= 0.3 is 0 Å². The molecule has 5 N–H and O–H groups in total. The number of methoxy groups -OCH3 is 3. The zero-order chi connectivity index (χ0) is 19.6. The average Bonchev–Trinajstić information content (AvgIpc) is 3.07. The van der Waals surface area contributed by atoms with E-state index >= 15 is 0 Å². The average molecular weight is 385 g/mol. The van der Waals surface area contributed by atoms with E-state index < -0.39 is 0 Å². The summed E-state index contributed by atoms with van der Waals surface area (Å²) in [6, 6.07) is 9.27. The second-order valence-electron chi connectivity index (χ2n) is 5.44. The van der Waals surface area contributed by atoms with Crippen LogP contribution in [0.3, 0.4) is 0 Å². The predicted molar refractivity (Wildman–Crippen MR) is 107 cm³/mol. The summed E-state index contributed by atoms with van der Waals surface area (Å²) in [6.45, 7) is 0. The summed E-state index contributed by atoms with van der Waals surface area (Å²) in [7, 11) is 4.44. The minimum atomic E-state index is -0.202. The van der Waals surface area contributed by atoms with Gasteiger partial charge in [-0.2, -0.15) is 0 Å². The summed E-state index contributed by atoms with van der Waals surface area (Å²) in [4.78, 5) is 8.88. The Morgan fingerprint density at radius 1 is 1.07 bits per heavy atom. The molecule has 0 saturated heterocycles. The van der Waals surface area contributed by atoms with Crippen molar-refractivity contribution in [1.82, 2.24) is 4.98 Å². The number of hydrogen-bond donors (Lipinski definition) is 3. The summed E-state index contributed by atoms with van der Waals surface area (Å²) in [5.74, 6) is 0.895. The zero-order valence-corrected chi connectivity index (χ0v) is 15.9. The van der Waals surface area contributed by atoms with Crippen molar-refractivity contribution in [3.05, 3.63) is 41.5 Å². The molecule has 0 spiro atoms. The Balaban J connectivity index is 2.22. The topological polar surface area (TPSA) is 129 Å². The fraction of sp³-hybridized carbons (Fsp3) is 0.167. The maximum Gasteiger partial charge on any atom is 0.212 e. The van der Waals surface area contributed by atoms with E-state index in [1.54, 1.807) is 6.07 Å². The number of rotatable bonds is 6. The van der Waals surface area contributed by atoms with Crippen LogP contribution in [0, 0.1) is 5.41 Å². The highest BCUT2D eigenvalue weighted by Gasteiger charge is 2.24. The number of thiazole rings is 1. The van der Waals surface area contributed by atoms with Gasteiger partial charge < -0.3 is 25.7 Å². The minimum absolute atomic E-state index is 0.108. The van der Waals surface area contributed by atoms with Gasteiger partial charge in [-0.1, -0.05) is 23.5 Å². The first-order chi connectivity index (χ1) is 13.0. The van der Waals surface area contributed by atoms with Crippen molar-refractivity contribution >= 4 is 38.4 Å². The van der Waals surface area contributed by atoms with Crippen LogP contribution < -0.4 is 25.7 Å². The van der Waals surface area contributed by atoms with E-state index in [1.165, 1.54) is 32.7 Å². The number of fused-ring (bicyclic) bond motifs is 1. The SMILES string of the molecule is COc1cc(C(=N)N)c(/C(N)=N/c2nc3ccccc3s2)c(OC)c1OC. The molecular formula is C18H19N5O3S. The van der Waals surface area contributed by atoms with E-state index in [-0.39, 0.29) is 17.4 Å². The highest BCUT2D eigenvalue weighted by molar-refractivity contribution is 7.22. The molecule has 0 atom stereocenters. The third-order valence-corrected chi connectivity index (χ3v) is 4.81. The number of nitrogens with two attached hydrogens (primary N) is 2. The highest BCUT2D eigenvalue weighted by atomic mass is 32.1. The number of hydrogen-bond acceptors (Lipinski definition) is 7. The molecule has 3 rings (SSSR count). The van der Waals surface area contributed by atoms with Crippen LogP contribution in [0.4, 0.5) is 5.13 Å². The molecule has 0 fully saturated rings. The number of nitrogens with zero attached hydrogens (tertiary/aromatic N) is 2. The Morgan fingerprint density at radius 3 is 2.37 bits per heavy atom. The van der Waals surface area contributed by atoms with Crippen molar-refractivity contribution in [1.29, 1.82) is 5.41 Å². The van der Waals surface area contributed by atoms with Crippen molar-refractivity contribution in [3.8, 4) is 17.2 Å². The van der Waals surface area contributed by atoms with Gasteiger partial charge in [0.05, 0.1) is 37.1 Å². The molecule has 0 aliphatic heterocycles. The van der Waals surface area contributed by atoms with E-state index in [1.807, 2.05) is 24.3 Å². The molecule has 0 aliphatic carbocycles. The fourth-order valence-corrected chi connectivity index (χ4v) is 3.54. The molecule has 140 valence electrons. The van der Waals surface area contributed by atoms with Gasteiger partial charge in [-0.3, -0.25) is 5.41 Å². The highest BCUT2D eigenvalue weighted by Crippen LogP contribution is 2.42. The first-order valence-electron chi connectivity index (χ1n) is 7.87. The molecule has 27 heavy (non-hydrogen) atoms. The number of aliphatic imine (C=N–C) groups is 1. The van der Waals surface area contributed by atoms with Gasteiger partial charge in [0, 0.05) is 5.56 Å². The Labute approximate surface area is 159 Å². The lowest BCUT2D eigenvalue weighted by Gasteiger charge is -2.18. The molecule has 8 nitrogen and oxygen atoms in total. The summed E-state index contributed by atoms with van der Waals surface area (Å²) in [5.41, 5.74) is 13.5. The fourth-order valence-electron chi connectivity index (χ4n) is 2.69. The molecule has 0 radical (unpaired) electrons. The van der Waals surface area contributed by atoms with Gasteiger partial charge in [0.2, 0.25) is 10.9 Å². The molecule has 3 aromatic rings. The van der Waals surface area contributed by atoms with Gasteiger partial charge in [0.25, 0.3) is 0 Å². The molecule has 0 unspecified atom stereocenters. The summed E-state index contributed by atoms with van der Waals surface area (Å²) < 4.78 is 17.2. The molecule has 1 aromatic heterocycles. The van der Waals surface area contributed by atoms with E-state index in [0.29, 0.717) is 27.8 Å². The van der Waals surface area contributed by atoms with Crippen LogP contribution in [0.2, 0.25) is 0 Å². The summed E-state index contributed by atoms with van der Waals surface area (Å²) >= 11 is 1.41. The Bertz CT molecular complexity index is 1010. The van der Waals surface area contributed by atoms with Gasteiger partial charge in [0.1, 0.15) is 11.7 Å². The minimum Gasteiger partial charge on any atom is -0.493 e. The van der Waals surface area contributed by atoms with Gasteiger partial charge in [-0.15, -0.1) is 0 Å². The molecule has 0 aliphatic rings. The maximum atomic E-state index is 7.91. The molecule has 0 amide bonds. The van der Waals surface area contributed by atoms with E-state index in [9.17, 15) is 0 Å². The summed E-state index contributed by atoms with van der Waals surface area (Å²) in [5, 5.41) is 8.40. The largest absolute Gasteiger partial charge is 0.493 e. The molecule has 2 aromatic carbocycles. The normalized spacial score (nSPS) is 11.4. The van der Waals surface area contributed by atoms with Crippen LogP contribution in [-0.4, -0.2) is 38.0 Å². The van der Waals surface area contributed by atoms with Crippen LogP contribution >= 0.6 is 11.3 Å². The first kappa shape index (κ1) is 18.5. The monoisotopic (exact) mass is 385 g/mol. The van der Waals surface area contributed by atoms with Crippen LogP contribution in [0.25, 0.3) is 10.2 Å². The molecule has 9 heteroatoms. The maximum absolute atomic E-state index is 7.91. The number of benzene rings is 2. The van der Waals surface area contributed by atoms with E-state index in [0.717, 1.165) is 10.2 Å². The number of para-hydroxylation sites is 1. The lowest BCUT2D eigenvalue weighted by molar-refractivity contribution is 0.324. The summed E-state index contributed by atoms with van der Waals surface area (Å²) in [6.07, 6.45) is 0. The number of amidine groups is 2. The number of ether oxygens (including phenoxy) is 3. The molecule has 1 heterocycles. The lowest BCUT2D eigenvalue weighted by atomic mass is 10.0. The Morgan fingerprint density at radius 2 is 1.78 bits per heavy atom. The van der Waals surface area contributed by atoms with Crippen LogP contribution in [0.15, 0.2) is 35.3 Å². The van der Waals surface area contributed by atoms with E-state index in [2.05, 4.69) is 9.98 Å². The third-order valence-electron chi connectivity index (χ3n) is 3.88. The van der Waals surface area contributed by atoms with Gasteiger partial charge in [-0.25, -0.2) is 9.98 Å². The quantitative estimate of drug-likeness (QED) is 0.442. The smallest absolute Gasteiger partial charge is 0.212 e. The molecular weight excluding hydrogens is 366 g/mol. The van der Waals surface area contributed by atoms with Crippen LogP contribution in [0.1, 0.15) is 11.1 Å². The first-order valence-corrected chi connectivity index (χ1v) is 8.69. The second kappa shape index (κ2) is 7.50. The van der Waals surface area contributed by atoms with E-state index in [4.69, 9.17) is 31.1 Å². The zero-order valence-electron chi connectivity index (χ0n) is 15.1. The van der Waals surface area contributed by atoms with Crippen LogP contribution in [0.5, 0.6) is 17.2 Å².